The lowest BCUT2D eigenvalue weighted by atomic mass is 9.96. The Balaban J connectivity index is 1.50. The van der Waals surface area contributed by atoms with Crippen molar-refractivity contribution in [1.82, 2.24) is 0 Å². The maximum Gasteiger partial charge on any atom is 0.303 e. The van der Waals surface area contributed by atoms with Crippen molar-refractivity contribution in [3.8, 4) is 5.75 Å². The number of non-ortho nitro benzene ring substituents is 1. The predicted octanol–water partition coefficient (Wildman–Crippen LogP) is 1.64. The number of fused-ring (bicyclic) bond motifs is 1. The van der Waals surface area contributed by atoms with Gasteiger partial charge in [0, 0.05) is 45.4 Å². The Morgan fingerprint density at radius 2 is 1.41 bits per heavy atom. The highest BCUT2D eigenvalue weighted by Gasteiger charge is 2.57. The summed E-state index contributed by atoms with van der Waals surface area (Å²) in [6.45, 7) is 3.78. The molecule has 3 aliphatic rings. The van der Waals surface area contributed by atoms with Crippen molar-refractivity contribution >= 4 is 29.6 Å². The first-order valence-electron chi connectivity index (χ1n) is 15.8. The zero-order chi connectivity index (χ0) is 36.8. The molecule has 2 aromatic rings. The Hall–Kier alpha value is -4.72. The van der Waals surface area contributed by atoms with E-state index in [4.69, 9.17) is 47.4 Å². The highest BCUT2D eigenvalue weighted by atomic mass is 16.8. The van der Waals surface area contributed by atoms with E-state index < -0.39 is 103 Å². The van der Waals surface area contributed by atoms with Crippen LogP contribution < -0.4 is 4.74 Å². The van der Waals surface area contributed by atoms with Gasteiger partial charge in [0.15, 0.2) is 37.0 Å². The van der Waals surface area contributed by atoms with Crippen LogP contribution in [0.15, 0.2) is 54.6 Å². The topological polar surface area (TPSA) is 224 Å². The highest BCUT2D eigenvalue weighted by Crippen LogP contribution is 2.38. The van der Waals surface area contributed by atoms with Gasteiger partial charge in [-0.25, -0.2) is 0 Å². The number of esters is 4. The summed E-state index contributed by atoms with van der Waals surface area (Å²) in [4.78, 5) is 59.2. The van der Waals surface area contributed by atoms with Crippen LogP contribution in [0.1, 0.15) is 39.5 Å². The third-order valence-electron chi connectivity index (χ3n) is 7.92. The van der Waals surface area contributed by atoms with Crippen molar-refractivity contribution in [2.24, 2.45) is 0 Å². The summed E-state index contributed by atoms with van der Waals surface area (Å²) in [5, 5.41) is 23.1. The Morgan fingerprint density at radius 1 is 0.784 bits per heavy atom. The van der Waals surface area contributed by atoms with Gasteiger partial charge >= 0.3 is 23.9 Å². The van der Waals surface area contributed by atoms with E-state index in [0.717, 1.165) is 27.7 Å². The normalized spacial score (nSPS) is 31.7. The van der Waals surface area contributed by atoms with Crippen LogP contribution in [0, 0.1) is 10.1 Å². The van der Waals surface area contributed by atoms with Gasteiger partial charge in [0.2, 0.25) is 6.29 Å². The SMILES string of the molecule is CC(=O)OC[C@H]1O[C@H](O[C@@H]2[C@@H](Oc3ccc([N+](=O)[O-])cc3)O[C@@H]3CO[C@@H](c4ccccc4)O[C@H]3[C@@H]2O)[C@@H](OC(C)=O)[C@@H](OC(C)=O)[C@@H]1OC(C)=O. The van der Waals surface area contributed by atoms with Crippen molar-refractivity contribution in [2.75, 3.05) is 13.2 Å². The molecule has 0 spiro atoms. The van der Waals surface area contributed by atoms with E-state index in [1.54, 1.807) is 24.3 Å². The number of nitro benzene ring substituents is 1. The van der Waals surface area contributed by atoms with Gasteiger partial charge in [-0.05, 0) is 12.1 Å². The summed E-state index contributed by atoms with van der Waals surface area (Å²) in [6.07, 6.45) is -15.1. The Kier molecular flexibility index (Phi) is 12.2. The standard InChI is InChI=1S/C33H37NO17/c1-16(35)42-14-24-27(44-17(2)36)29(45-18(3)37)30(46-19(4)38)33(49-24)51-28-25(39)26-23(15-43-31(50-26)20-8-6-5-7-9-20)48-32(28)47-22-12-10-21(11-13-22)34(40)41/h5-13,23-33,39H,14-15H2,1-4H3/t23-,24-,25+,26-,27-,28+,29+,30+,31-,32+,33-/m1/s1. The van der Waals surface area contributed by atoms with Crippen molar-refractivity contribution in [2.45, 2.75) is 95.4 Å². The average molecular weight is 720 g/mol. The van der Waals surface area contributed by atoms with Crippen molar-refractivity contribution in [3.63, 3.8) is 0 Å². The summed E-state index contributed by atoms with van der Waals surface area (Å²) in [7, 11) is 0. The van der Waals surface area contributed by atoms with Crippen LogP contribution in [0.4, 0.5) is 5.69 Å². The van der Waals surface area contributed by atoms with Crippen molar-refractivity contribution < 1.29 is 76.6 Å². The number of ether oxygens (including phenoxy) is 10. The minimum absolute atomic E-state index is 0.0484. The molecule has 18 nitrogen and oxygen atoms in total. The fourth-order valence-electron chi connectivity index (χ4n) is 5.82. The molecule has 0 aliphatic carbocycles. The van der Waals surface area contributed by atoms with Crippen LogP contribution in [0.25, 0.3) is 0 Å². The molecule has 18 heteroatoms. The Bertz CT molecular complexity index is 1550. The fraction of sp³-hybridized carbons (Fsp3) is 0.515. The largest absolute Gasteiger partial charge is 0.463 e. The van der Waals surface area contributed by atoms with Gasteiger partial charge < -0.3 is 52.5 Å². The molecule has 0 aromatic heterocycles. The molecular weight excluding hydrogens is 682 g/mol. The maximum absolute atomic E-state index is 12.4. The van der Waals surface area contributed by atoms with Crippen LogP contribution in [0.3, 0.4) is 0 Å². The van der Waals surface area contributed by atoms with Gasteiger partial charge in [0.1, 0.15) is 36.8 Å². The molecule has 51 heavy (non-hydrogen) atoms. The second kappa shape index (κ2) is 16.5. The van der Waals surface area contributed by atoms with Gasteiger partial charge in [-0.15, -0.1) is 0 Å². The number of nitrogens with zero attached hydrogens (tertiary/aromatic N) is 1. The lowest BCUT2D eigenvalue weighted by molar-refractivity contribution is -0.385. The van der Waals surface area contributed by atoms with E-state index in [0.29, 0.717) is 5.56 Å². The summed E-state index contributed by atoms with van der Waals surface area (Å²) >= 11 is 0. The molecule has 0 unspecified atom stereocenters. The van der Waals surface area contributed by atoms with E-state index in [-0.39, 0.29) is 18.0 Å². The zero-order valence-corrected chi connectivity index (χ0v) is 27.9. The van der Waals surface area contributed by atoms with E-state index >= 15 is 0 Å². The average Bonchev–Trinajstić information content (AvgIpc) is 3.08. The molecule has 5 rings (SSSR count). The Morgan fingerprint density at radius 3 is 2.02 bits per heavy atom. The number of carbonyl (C=O) groups excluding carboxylic acids is 4. The van der Waals surface area contributed by atoms with Gasteiger partial charge in [0.05, 0.1) is 11.5 Å². The monoisotopic (exact) mass is 719 g/mol. The molecule has 3 saturated heterocycles. The first kappa shape index (κ1) is 37.5. The second-order valence-electron chi connectivity index (χ2n) is 11.7. The number of benzene rings is 2. The first-order valence-corrected chi connectivity index (χ1v) is 15.8. The van der Waals surface area contributed by atoms with Crippen LogP contribution in [-0.4, -0.2) is 109 Å². The lowest BCUT2D eigenvalue weighted by Gasteiger charge is -2.49. The fourth-order valence-corrected chi connectivity index (χ4v) is 5.82. The smallest absolute Gasteiger partial charge is 0.303 e. The van der Waals surface area contributed by atoms with Crippen LogP contribution >= 0.6 is 0 Å². The van der Waals surface area contributed by atoms with Gasteiger partial charge in [0.25, 0.3) is 5.69 Å². The number of aliphatic hydroxyl groups is 1. The van der Waals surface area contributed by atoms with E-state index in [2.05, 4.69) is 0 Å². The van der Waals surface area contributed by atoms with Gasteiger partial charge in [-0.3, -0.25) is 29.3 Å². The molecule has 3 heterocycles. The molecular formula is C33H37NO17. The molecule has 3 aliphatic heterocycles. The zero-order valence-electron chi connectivity index (χ0n) is 27.9. The molecule has 0 radical (unpaired) electrons. The first-order chi connectivity index (χ1) is 24.3. The lowest BCUT2D eigenvalue weighted by Crippen LogP contribution is -2.67. The number of hydrogen-bond donors (Lipinski definition) is 1. The number of aliphatic hydroxyl groups excluding tert-OH is 1. The van der Waals surface area contributed by atoms with Crippen LogP contribution in [0.2, 0.25) is 0 Å². The number of nitro groups is 1. The minimum atomic E-state index is -1.71. The molecule has 2 aromatic carbocycles. The maximum atomic E-state index is 12.4. The van der Waals surface area contributed by atoms with Crippen molar-refractivity contribution in [3.05, 3.63) is 70.3 Å². The van der Waals surface area contributed by atoms with E-state index in [1.807, 2.05) is 6.07 Å². The summed E-state index contributed by atoms with van der Waals surface area (Å²) in [6, 6.07) is 13.9. The number of hydrogen-bond acceptors (Lipinski definition) is 17. The summed E-state index contributed by atoms with van der Waals surface area (Å²) in [5.74, 6) is -3.17. The molecule has 11 atom stereocenters. The van der Waals surface area contributed by atoms with Gasteiger partial charge in [-0.1, -0.05) is 30.3 Å². The quantitative estimate of drug-likeness (QED) is 0.151. The second-order valence-corrected chi connectivity index (χ2v) is 11.7. The molecule has 276 valence electrons. The third kappa shape index (κ3) is 9.34. The summed E-state index contributed by atoms with van der Waals surface area (Å²) < 4.78 is 58.2. The van der Waals surface area contributed by atoms with Crippen LogP contribution in [0.5, 0.6) is 5.75 Å². The molecule has 0 bridgehead atoms. The minimum Gasteiger partial charge on any atom is -0.463 e. The highest BCUT2D eigenvalue weighted by molar-refractivity contribution is 5.68. The molecule has 1 N–H and O–H groups in total. The Labute approximate surface area is 290 Å². The third-order valence-corrected chi connectivity index (χ3v) is 7.92. The number of rotatable bonds is 11. The molecule has 0 amide bonds. The summed E-state index contributed by atoms with van der Waals surface area (Å²) in [5.41, 5.74) is 0.447. The van der Waals surface area contributed by atoms with E-state index in [1.165, 1.54) is 24.3 Å². The molecule has 3 fully saturated rings. The van der Waals surface area contributed by atoms with Gasteiger partial charge in [-0.2, -0.15) is 0 Å². The number of carbonyl (C=O) groups is 4. The van der Waals surface area contributed by atoms with Crippen LogP contribution in [-0.2, 0) is 61.8 Å². The van der Waals surface area contributed by atoms with Crippen molar-refractivity contribution in [1.29, 1.82) is 0 Å². The van der Waals surface area contributed by atoms with E-state index in [9.17, 15) is 34.4 Å². The molecule has 0 saturated carbocycles. The predicted molar refractivity (Wildman–Crippen MR) is 165 cm³/mol.